The number of rotatable bonds is 9. The summed E-state index contributed by atoms with van der Waals surface area (Å²) >= 11 is 0. The van der Waals surface area contributed by atoms with Crippen molar-refractivity contribution in [3.8, 4) is 5.75 Å². The molecule has 1 heterocycles. The van der Waals surface area contributed by atoms with E-state index < -0.39 is 10.0 Å². The minimum absolute atomic E-state index is 0.0518. The van der Waals surface area contributed by atoms with Crippen LogP contribution in [0.4, 0.5) is 0 Å². The van der Waals surface area contributed by atoms with Crippen LogP contribution in [0, 0.1) is 0 Å². The molecule has 1 saturated heterocycles. The van der Waals surface area contributed by atoms with E-state index in [2.05, 4.69) is 5.32 Å². The number of benzene rings is 2. The van der Waals surface area contributed by atoms with Gasteiger partial charge in [-0.2, -0.15) is 4.31 Å². The summed E-state index contributed by atoms with van der Waals surface area (Å²) < 4.78 is 33.4. The molecule has 1 saturated carbocycles. The number of hydrogen-bond donors (Lipinski definition) is 1. The van der Waals surface area contributed by atoms with E-state index in [0.29, 0.717) is 37.4 Å². The Bertz CT molecular complexity index is 999. The molecule has 7 nitrogen and oxygen atoms in total. The van der Waals surface area contributed by atoms with Crippen molar-refractivity contribution in [1.29, 1.82) is 0 Å². The molecule has 1 amide bonds. The maximum Gasteiger partial charge on any atom is 0.243 e. The molecule has 0 atom stereocenters. The molecule has 2 fully saturated rings. The molecule has 2 aliphatic rings. The van der Waals surface area contributed by atoms with Gasteiger partial charge in [0.25, 0.3) is 0 Å². The van der Waals surface area contributed by atoms with Crippen molar-refractivity contribution >= 4 is 15.9 Å². The lowest BCUT2D eigenvalue weighted by molar-refractivity contribution is -0.131. The van der Waals surface area contributed by atoms with Gasteiger partial charge in [-0.25, -0.2) is 8.42 Å². The number of nitrogens with zero attached hydrogens (tertiary/aromatic N) is 2. The fourth-order valence-electron chi connectivity index (χ4n) is 4.27. The average molecular weight is 458 g/mol. The maximum absolute atomic E-state index is 13.3. The molecule has 0 spiro atoms. The monoisotopic (exact) mass is 457 g/mol. The fraction of sp³-hybridized carbons (Fsp3) is 0.458. The number of likely N-dealkylation sites (tertiary alicyclic amines) is 1. The Hall–Kier alpha value is -2.42. The van der Waals surface area contributed by atoms with E-state index in [4.69, 9.17) is 4.74 Å². The maximum atomic E-state index is 13.3. The van der Waals surface area contributed by atoms with Crippen molar-refractivity contribution in [3.05, 3.63) is 60.2 Å². The number of carbonyl (C=O) groups is 1. The van der Waals surface area contributed by atoms with E-state index in [1.165, 1.54) is 0 Å². The molecule has 2 aromatic carbocycles. The first kappa shape index (κ1) is 22.8. The molecule has 8 heteroatoms. The minimum atomic E-state index is -3.52. The standard InChI is InChI=1S/C24H31N3O4S/c1-31-22-11-7-19(8-12-22)17-25-18-24(28)26-15-13-21(14-16-26)27(20-9-10-20)32(29,30)23-5-3-2-4-6-23/h2-8,11-12,20-21,25H,9-10,13-18H2,1H3. The third kappa shape index (κ3) is 5.31. The number of carbonyl (C=O) groups excluding carboxylic acids is 1. The first-order valence-corrected chi connectivity index (χ1v) is 12.6. The fourth-order valence-corrected chi connectivity index (χ4v) is 6.22. The molecule has 1 N–H and O–H groups in total. The van der Waals surface area contributed by atoms with Crippen molar-refractivity contribution in [2.45, 2.75) is 49.2 Å². The lowest BCUT2D eigenvalue weighted by atomic mass is 10.0. The van der Waals surface area contributed by atoms with Crippen LogP contribution >= 0.6 is 0 Å². The second kappa shape index (κ2) is 10.0. The Balaban J connectivity index is 1.29. The van der Waals surface area contributed by atoms with E-state index in [0.717, 1.165) is 24.2 Å². The number of amides is 1. The quantitative estimate of drug-likeness (QED) is 0.626. The number of nitrogens with one attached hydrogen (secondary N) is 1. The number of hydrogen-bond acceptors (Lipinski definition) is 5. The Kier molecular flexibility index (Phi) is 7.13. The van der Waals surface area contributed by atoms with Gasteiger partial charge in [0.2, 0.25) is 15.9 Å². The second-order valence-electron chi connectivity index (χ2n) is 8.44. The van der Waals surface area contributed by atoms with Crippen LogP contribution in [-0.2, 0) is 21.4 Å². The summed E-state index contributed by atoms with van der Waals surface area (Å²) in [4.78, 5) is 14.8. The molecule has 172 valence electrons. The zero-order valence-corrected chi connectivity index (χ0v) is 19.3. The summed E-state index contributed by atoms with van der Waals surface area (Å²) in [5.41, 5.74) is 1.09. The zero-order chi connectivity index (χ0) is 22.6. The third-order valence-corrected chi connectivity index (χ3v) is 8.19. The molecule has 0 aromatic heterocycles. The van der Waals surface area contributed by atoms with Gasteiger partial charge in [-0.05, 0) is 55.5 Å². The first-order chi connectivity index (χ1) is 15.5. The topological polar surface area (TPSA) is 79.0 Å². The number of ether oxygens (including phenoxy) is 1. The predicted molar refractivity (Wildman–Crippen MR) is 123 cm³/mol. The first-order valence-electron chi connectivity index (χ1n) is 11.2. The molecule has 0 unspecified atom stereocenters. The normalized spacial score (nSPS) is 17.5. The van der Waals surface area contributed by atoms with Gasteiger partial charge in [-0.15, -0.1) is 0 Å². The lowest BCUT2D eigenvalue weighted by Gasteiger charge is -2.38. The molecular formula is C24H31N3O4S. The average Bonchev–Trinajstić information content (AvgIpc) is 3.65. The predicted octanol–water partition coefficient (Wildman–Crippen LogP) is 2.63. The summed E-state index contributed by atoms with van der Waals surface area (Å²) in [7, 11) is -1.88. The van der Waals surface area contributed by atoms with Gasteiger partial charge < -0.3 is 15.0 Å². The Labute approximate surface area is 190 Å². The van der Waals surface area contributed by atoms with Crippen LogP contribution < -0.4 is 10.1 Å². The summed E-state index contributed by atoms with van der Waals surface area (Å²) in [6, 6.07) is 16.5. The van der Waals surface area contributed by atoms with E-state index in [-0.39, 0.29) is 24.5 Å². The molecule has 1 aliphatic carbocycles. The van der Waals surface area contributed by atoms with Crippen LogP contribution in [0.1, 0.15) is 31.2 Å². The minimum Gasteiger partial charge on any atom is -0.497 e. The van der Waals surface area contributed by atoms with Gasteiger partial charge in [-0.3, -0.25) is 4.79 Å². The van der Waals surface area contributed by atoms with Crippen LogP contribution in [0.15, 0.2) is 59.5 Å². The highest BCUT2D eigenvalue weighted by molar-refractivity contribution is 7.89. The summed E-state index contributed by atoms with van der Waals surface area (Å²) in [5.74, 6) is 0.864. The zero-order valence-electron chi connectivity index (χ0n) is 18.4. The van der Waals surface area contributed by atoms with Crippen molar-refractivity contribution in [2.75, 3.05) is 26.7 Å². The van der Waals surface area contributed by atoms with Crippen molar-refractivity contribution in [2.24, 2.45) is 0 Å². The van der Waals surface area contributed by atoms with Gasteiger partial charge in [0.05, 0.1) is 18.6 Å². The smallest absolute Gasteiger partial charge is 0.243 e. The van der Waals surface area contributed by atoms with Gasteiger partial charge in [0.15, 0.2) is 0 Å². The highest BCUT2D eigenvalue weighted by Gasteiger charge is 2.43. The largest absolute Gasteiger partial charge is 0.497 e. The molecule has 0 radical (unpaired) electrons. The van der Waals surface area contributed by atoms with Gasteiger partial charge in [0, 0.05) is 31.7 Å². The van der Waals surface area contributed by atoms with Crippen LogP contribution in [0.5, 0.6) is 5.75 Å². The number of sulfonamides is 1. The number of methoxy groups -OCH3 is 1. The Morgan fingerprint density at radius 1 is 1.00 bits per heavy atom. The van der Waals surface area contributed by atoms with Crippen LogP contribution in [-0.4, -0.2) is 62.4 Å². The van der Waals surface area contributed by atoms with Crippen LogP contribution in [0.3, 0.4) is 0 Å². The summed E-state index contributed by atoms with van der Waals surface area (Å²) in [6.45, 7) is 2.05. The highest BCUT2D eigenvalue weighted by Crippen LogP contribution is 2.36. The van der Waals surface area contributed by atoms with E-state index in [1.54, 1.807) is 35.7 Å². The lowest BCUT2D eigenvalue weighted by Crippen LogP contribution is -2.50. The van der Waals surface area contributed by atoms with Gasteiger partial charge >= 0.3 is 0 Å². The second-order valence-corrected chi connectivity index (χ2v) is 10.3. The van der Waals surface area contributed by atoms with Crippen LogP contribution in [0.25, 0.3) is 0 Å². The van der Waals surface area contributed by atoms with Crippen molar-refractivity contribution in [1.82, 2.24) is 14.5 Å². The highest BCUT2D eigenvalue weighted by atomic mass is 32.2. The van der Waals surface area contributed by atoms with E-state index >= 15 is 0 Å². The molecule has 2 aromatic rings. The third-order valence-electron chi connectivity index (χ3n) is 6.17. The molecule has 4 rings (SSSR count). The van der Waals surface area contributed by atoms with Gasteiger partial charge in [-0.1, -0.05) is 30.3 Å². The van der Waals surface area contributed by atoms with Crippen molar-refractivity contribution < 1.29 is 17.9 Å². The van der Waals surface area contributed by atoms with Crippen LogP contribution in [0.2, 0.25) is 0 Å². The Morgan fingerprint density at radius 3 is 2.22 bits per heavy atom. The van der Waals surface area contributed by atoms with Crippen molar-refractivity contribution in [3.63, 3.8) is 0 Å². The molecule has 1 aliphatic heterocycles. The molecule has 0 bridgehead atoms. The summed E-state index contributed by atoms with van der Waals surface area (Å²) in [5, 5.41) is 3.21. The molecule has 32 heavy (non-hydrogen) atoms. The SMILES string of the molecule is COc1ccc(CNCC(=O)N2CCC(N(C3CC3)S(=O)(=O)c3ccccc3)CC2)cc1. The van der Waals surface area contributed by atoms with E-state index in [9.17, 15) is 13.2 Å². The number of piperidine rings is 1. The summed E-state index contributed by atoms with van der Waals surface area (Å²) in [6.07, 6.45) is 3.18. The van der Waals surface area contributed by atoms with E-state index in [1.807, 2.05) is 35.2 Å². The molecular weight excluding hydrogens is 426 g/mol. The Morgan fingerprint density at radius 2 is 1.62 bits per heavy atom. The van der Waals surface area contributed by atoms with Gasteiger partial charge in [0.1, 0.15) is 5.75 Å².